The number of aliphatic hydroxyl groups excluding tert-OH is 1. The van der Waals surface area contributed by atoms with Gasteiger partial charge in [0, 0.05) is 19.0 Å². The second-order valence-electron chi connectivity index (χ2n) is 7.43. The fraction of sp³-hybridized carbons (Fsp3) is 0.706. The molecule has 0 spiro atoms. The van der Waals surface area contributed by atoms with Crippen LogP contribution in [-0.4, -0.2) is 52.8 Å². The summed E-state index contributed by atoms with van der Waals surface area (Å²) < 4.78 is 6.67. The van der Waals surface area contributed by atoms with Crippen LogP contribution in [0.25, 0.3) is 0 Å². The van der Waals surface area contributed by atoms with Crippen LogP contribution >= 0.6 is 11.6 Å². The fourth-order valence-electron chi connectivity index (χ4n) is 4.16. The zero-order valence-electron chi connectivity index (χ0n) is 14.4. The molecule has 1 aliphatic heterocycles. The first-order valence-electron chi connectivity index (χ1n) is 9.13. The van der Waals surface area contributed by atoms with Crippen LogP contribution in [0.1, 0.15) is 25.7 Å². The number of ether oxygens (including phenoxy) is 1. The van der Waals surface area contributed by atoms with Gasteiger partial charge in [-0.25, -0.2) is 9.48 Å². The Morgan fingerprint density at radius 1 is 1.38 bits per heavy atom. The maximum absolute atomic E-state index is 12.2. The monoisotopic (exact) mass is 382 g/mol. The molecule has 3 unspecified atom stereocenters. The van der Waals surface area contributed by atoms with Crippen LogP contribution < -0.4 is 15.8 Å². The molecular formula is C17H23ClN4O4. The number of alkyl carbamates (subject to hydrolysis) is 1. The molecule has 2 N–H and O–H groups in total. The van der Waals surface area contributed by atoms with Crippen molar-refractivity contribution in [3.63, 3.8) is 0 Å². The van der Waals surface area contributed by atoms with Gasteiger partial charge in [0.2, 0.25) is 0 Å². The molecule has 0 radical (unpaired) electrons. The average Bonchev–Trinajstić information content (AvgIpc) is 3.00. The van der Waals surface area contributed by atoms with E-state index in [1.165, 1.54) is 12.6 Å². The van der Waals surface area contributed by atoms with Crippen LogP contribution in [0.4, 0.5) is 10.5 Å². The second-order valence-corrected chi connectivity index (χ2v) is 7.80. The van der Waals surface area contributed by atoms with Crippen molar-refractivity contribution in [3.05, 3.63) is 21.6 Å². The van der Waals surface area contributed by atoms with Crippen LogP contribution in [0.5, 0.6) is 0 Å². The topological polar surface area (TPSA) is 96.7 Å². The van der Waals surface area contributed by atoms with Gasteiger partial charge in [0.1, 0.15) is 11.1 Å². The van der Waals surface area contributed by atoms with Gasteiger partial charge in [0.05, 0.1) is 31.6 Å². The molecule has 3 aliphatic rings. The molecule has 9 heteroatoms. The van der Waals surface area contributed by atoms with Crippen molar-refractivity contribution in [2.75, 3.05) is 24.6 Å². The molecule has 1 aromatic rings. The number of nitrogens with zero attached hydrogens (tertiary/aromatic N) is 3. The van der Waals surface area contributed by atoms with Gasteiger partial charge in [-0.1, -0.05) is 11.6 Å². The molecule has 142 valence electrons. The van der Waals surface area contributed by atoms with E-state index < -0.39 is 5.56 Å². The lowest BCUT2D eigenvalue weighted by Gasteiger charge is -2.20. The van der Waals surface area contributed by atoms with E-state index in [4.69, 9.17) is 21.4 Å². The van der Waals surface area contributed by atoms with Crippen LogP contribution in [0.15, 0.2) is 11.0 Å². The number of fused-ring (bicyclic) bond motifs is 1. The Morgan fingerprint density at radius 3 is 2.88 bits per heavy atom. The van der Waals surface area contributed by atoms with Crippen LogP contribution in [0, 0.1) is 11.8 Å². The van der Waals surface area contributed by atoms with Crippen LogP contribution in [-0.2, 0) is 11.3 Å². The summed E-state index contributed by atoms with van der Waals surface area (Å²) in [4.78, 5) is 26.1. The third-order valence-electron chi connectivity index (χ3n) is 5.60. The number of amides is 1. The number of aromatic nitrogens is 2. The SMILES string of the molecule is O=C(NC1CC2CC2C1)OC1CCN(c2cnn(CCO)c(=O)c2Cl)C1. The predicted molar refractivity (Wildman–Crippen MR) is 95.4 cm³/mol. The molecule has 1 amide bonds. The highest BCUT2D eigenvalue weighted by molar-refractivity contribution is 6.33. The van der Waals surface area contributed by atoms with Gasteiger partial charge in [-0.3, -0.25) is 4.79 Å². The first-order valence-corrected chi connectivity index (χ1v) is 9.51. The normalized spacial score (nSPS) is 29.5. The minimum Gasteiger partial charge on any atom is -0.444 e. The van der Waals surface area contributed by atoms with E-state index >= 15 is 0 Å². The van der Waals surface area contributed by atoms with E-state index in [0.29, 0.717) is 25.2 Å². The molecule has 2 heterocycles. The Hall–Kier alpha value is -1.80. The zero-order chi connectivity index (χ0) is 18.3. The lowest BCUT2D eigenvalue weighted by molar-refractivity contribution is 0.104. The molecule has 0 bridgehead atoms. The third kappa shape index (κ3) is 3.53. The van der Waals surface area contributed by atoms with Gasteiger partial charge in [-0.05, 0) is 31.1 Å². The van der Waals surface area contributed by atoms with E-state index in [9.17, 15) is 9.59 Å². The standard InChI is InChI=1S/C17H23ClN4O4/c18-15-14(8-19-22(3-4-23)16(15)24)21-2-1-13(9-21)26-17(25)20-12-6-10-5-11(10)7-12/h8,10-13,23H,1-7,9H2,(H,20,25). The van der Waals surface area contributed by atoms with Crippen LogP contribution in [0.3, 0.4) is 0 Å². The first-order chi connectivity index (χ1) is 12.5. The quantitative estimate of drug-likeness (QED) is 0.788. The van der Waals surface area contributed by atoms with Gasteiger partial charge < -0.3 is 20.1 Å². The molecule has 2 saturated carbocycles. The van der Waals surface area contributed by atoms with Gasteiger partial charge >= 0.3 is 6.09 Å². The van der Waals surface area contributed by atoms with E-state index in [1.807, 2.05) is 4.90 Å². The summed E-state index contributed by atoms with van der Waals surface area (Å²) in [5, 5.41) is 16.0. The van der Waals surface area contributed by atoms with Crippen LogP contribution in [0.2, 0.25) is 5.02 Å². The number of aliphatic hydroxyl groups is 1. The van der Waals surface area contributed by atoms with Crippen molar-refractivity contribution >= 4 is 23.4 Å². The van der Waals surface area contributed by atoms with Gasteiger partial charge in [-0.15, -0.1) is 0 Å². The molecule has 26 heavy (non-hydrogen) atoms. The van der Waals surface area contributed by atoms with Crippen molar-refractivity contribution in [3.8, 4) is 0 Å². The summed E-state index contributed by atoms with van der Waals surface area (Å²) >= 11 is 6.18. The van der Waals surface area contributed by atoms with Crippen molar-refractivity contribution < 1.29 is 14.6 Å². The molecule has 0 aromatic carbocycles. The van der Waals surface area contributed by atoms with E-state index in [0.717, 1.165) is 29.4 Å². The molecule has 8 nitrogen and oxygen atoms in total. The summed E-state index contributed by atoms with van der Waals surface area (Å²) in [5.41, 5.74) is 0.105. The second kappa shape index (κ2) is 7.08. The predicted octanol–water partition coefficient (Wildman–Crippen LogP) is 0.992. The Morgan fingerprint density at radius 2 is 2.15 bits per heavy atom. The van der Waals surface area contributed by atoms with E-state index in [2.05, 4.69) is 10.4 Å². The molecule has 3 fully saturated rings. The Labute approximate surface area is 156 Å². The molecule has 2 aliphatic carbocycles. The van der Waals surface area contributed by atoms with Gasteiger partial charge in [-0.2, -0.15) is 5.10 Å². The Balaban J connectivity index is 1.32. The number of nitrogens with one attached hydrogen (secondary N) is 1. The Kier molecular flexibility index (Phi) is 4.79. The smallest absolute Gasteiger partial charge is 0.407 e. The highest BCUT2D eigenvalue weighted by Crippen LogP contribution is 2.51. The van der Waals surface area contributed by atoms with Gasteiger partial charge in [0.25, 0.3) is 5.56 Å². The van der Waals surface area contributed by atoms with E-state index in [-0.39, 0.29) is 36.4 Å². The van der Waals surface area contributed by atoms with Gasteiger partial charge in [0.15, 0.2) is 0 Å². The third-order valence-corrected chi connectivity index (χ3v) is 5.96. The van der Waals surface area contributed by atoms with Crippen molar-refractivity contribution in [2.45, 2.75) is 44.4 Å². The summed E-state index contributed by atoms with van der Waals surface area (Å²) in [6.45, 7) is 1.04. The number of hydrogen-bond donors (Lipinski definition) is 2. The van der Waals surface area contributed by atoms with E-state index in [1.54, 1.807) is 0 Å². The fourth-order valence-corrected chi connectivity index (χ4v) is 4.42. The van der Waals surface area contributed by atoms with Crippen molar-refractivity contribution in [1.82, 2.24) is 15.1 Å². The minimum atomic E-state index is -0.430. The number of anilines is 1. The summed E-state index contributed by atoms with van der Waals surface area (Å²) in [7, 11) is 0. The summed E-state index contributed by atoms with van der Waals surface area (Å²) in [5.74, 6) is 1.62. The molecule has 4 rings (SSSR count). The number of hydrogen-bond acceptors (Lipinski definition) is 6. The first kappa shape index (κ1) is 17.6. The lowest BCUT2D eigenvalue weighted by atomic mass is 10.2. The number of halogens is 1. The highest BCUT2D eigenvalue weighted by Gasteiger charge is 2.46. The summed E-state index contributed by atoms with van der Waals surface area (Å²) in [6.07, 6.45) is 5.07. The van der Waals surface area contributed by atoms with Crippen molar-refractivity contribution in [1.29, 1.82) is 0 Å². The molecule has 1 saturated heterocycles. The number of carbonyl (C=O) groups is 1. The maximum Gasteiger partial charge on any atom is 0.407 e. The largest absolute Gasteiger partial charge is 0.444 e. The minimum absolute atomic E-state index is 0.0729. The zero-order valence-corrected chi connectivity index (χ0v) is 15.2. The average molecular weight is 383 g/mol. The Bertz CT molecular complexity index is 745. The van der Waals surface area contributed by atoms with Crippen molar-refractivity contribution in [2.24, 2.45) is 11.8 Å². The highest BCUT2D eigenvalue weighted by atomic mass is 35.5. The number of rotatable bonds is 5. The molecular weight excluding hydrogens is 360 g/mol. The lowest BCUT2D eigenvalue weighted by Crippen LogP contribution is -2.37. The maximum atomic E-state index is 12.2. The molecule has 1 aromatic heterocycles. The molecule has 3 atom stereocenters. The number of carbonyl (C=O) groups excluding carboxylic acids is 1. The summed E-state index contributed by atoms with van der Waals surface area (Å²) in [6, 6.07) is 0.251.